The minimum atomic E-state index is -1.25. The van der Waals surface area contributed by atoms with Gasteiger partial charge in [0.25, 0.3) is 0 Å². The second kappa shape index (κ2) is 14.3. The van der Waals surface area contributed by atoms with Crippen molar-refractivity contribution in [2.75, 3.05) is 7.11 Å². The second-order valence-corrected chi connectivity index (χ2v) is 16.1. The van der Waals surface area contributed by atoms with E-state index in [0.717, 1.165) is 30.3 Å². The van der Waals surface area contributed by atoms with E-state index in [2.05, 4.69) is 37.4 Å². The Kier molecular flexibility index (Phi) is 9.46. The van der Waals surface area contributed by atoms with Gasteiger partial charge in [0.05, 0.1) is 42.1 Å². The summed E-state index contributed by atoms with van der Waals surface area (Å²) in [5, 5.41) is 14.4. The SMILES string of the molecule is COC(=O)N[C@H](C(=O)N1[C@@H]2CC2C[C@H]1c1nc2ccc(C#Cc3ccc(-c4cnc([C@@H]5C[C@H]6C[C@H]6N5C(=O)[C@@H](NC(=O)O)C(C)C)[nH]4)c(F)c3)cc2[nH]1)C(C)C. The summed E-state index contributed by atoms with van der Waals surface area (Å²) in [6.45, 7) is 7.39. The third-order valence-corrected chi connectivity index (χ3v) is 11.7. The fourth-order valence-electron chi connectivity index (χ4n) is 8.57. The average Bonchev–Trinajstić information content (AvgIpc) is 3.79. The topological polar surface area (TPSA) is 186 Å². The van der Waals surface area contributed by atoms with E-state index in [1.807, 2.05) is 36.9 Å². The number of hydrogen-bond acceptors (Lipinski definition) is 7. The fourth-order valence-corrected chi connectivity index (χ4v) is 8.57. The molecule has 4 aliphatic rings. The number of alkyl carbamates (subject to hydrolysis) is 1. The lowest BCUT2D eigenvalue weighted by Gasteiger charge is -2.31. The molecule has 14 nitrogen and oxygen atoms in total. The van der Waals surface area contributed by atoms with Crippen LogP contribution in [0.15, 0.2) is 42.6 Å². The van der Waals surface area contributed by atoms with E-state index in [1.165, 1.54) is 13.2 Å². The molecular weight excluding hydrogens is 719 g/mol. The van der Waals surface area contributed by atoms with Gasteiger partial charge in [-0.05, 0) is 85.8 Å². The molecule has 4 heterocycles. The molecule has 4 aromatic rings. The normalized spacial score (nSPS) is 24.3. The third kappa shape index (κ3) is 6.93. The summed E-state index contributed by atoms with van der Waals surface area (Å²) < 4.78 is 20.4. The number of piperidine rings is 2. The van der Waals surface area contributed by atoms with Gasteiger partial charge in [0.15, 0.2) is 0 Å². The number of H-pyrrole nitrogens is 2. The monoisotopic (exact) mass is 764 g/mol. The quantitative estimate of drug-likeness (QED) is 0.139. The molecule has 0 spiro atoms. The van der Waals surface area contributed by atoms with Crippen LogP contribution in [0.3, 0.4) is 0 Å². The highest BCUT2D eigenvalue weighted by Crippen LogP contribution is 2.54. The third-order valence-electron chi connectivity index (χ3n) is 11.7. The number of benzene rings is 2. The lowest BCUT2D eigenvalue weighted by Crippen LogP contribution is -2.52. The molecule has 5 N–H and O–H groups in total. The number of amides is 4. The second-order valence-electron chi connectivity index (χ2n) is 16.1. The Morgan fingerprint density at radius 1 is 0.839 bits per heavy atom. The molecule has 0 radical (unpaired) electrons. The molecule has 1 unspecified atom stereocenters. The van der Waals surface area contributed by atoms with Crippen molar-refractivity contribution in [1.82, 2.24) is 40.4 Å². The molecule has 15 heteroatoms. The number of likely N-dealkylation sites (tertiary alicyclic amines) is 2. The van der Waals surface area contributed by atoms with E-state index in [9.17, 15) is 24.3 Å². The van der Waals surface area contributed by atoms with Gasteiger partial charge < -0.3 is 40.2 Å². The van der Waals surface area contributed by atoms with Crippen molar-refractivity contribution >= 4 is 35.0 Å². The van der Waals surface area contributed by atoms with Crippen LogP contribution in [0.25, 0.3) is 22.3 Å². The van der Waals surface area contributed by atoms with E-state index in [0.29, 0.717) is 52.3 Å². The van der Waals surface area contributed by atoms with Crippen LogP contribution in [-0.2, 0) is 14.3 Å². The van der Waals surface area contributed by atoms with Crippen LogP contribution in [0, 0.1) is 41.3 Å². The molecule has 2 aliphatic heterocycles. The van der Waals surface area contributed by atoms with Crippen molar-refractivity contribution in [3.8, 4) is 23.1 Å². The molecule has 2 saturated heterocycles. The smallest absolute Gasteiger partial charge is 0.407 e. The number of rotatable bonds is 9. The number of halogens is 1. The Morgan fingerprint density at radius 2 is 1.43 bits per heavy atom. The standard InChI is InChI=1S/C41H45FN8O6/c1-19(2)34(47-40(53)54)38(51)49-30-14-23(30)16-32(49)36-43-18-29(46-36)25-10-8-21(12-26(25)42)6-7-22-9-11-27-28(13-22)45-37(44-27)33-17-24-15-31(24)50(33)39(52)35(20(3)4)48-41(55)56-5/h8-13,18-20,23-24,30-35,47H,14-17H2,1-5H3,(H,43,46)(H,44,45)(H,48,55)(H,53,54)/t23-,24?,30-,31-,32+,33+,34+,35+/m1/s1. The molecule has 2 aliphatic carbocycles. The number of hydrogen-bond donors (Lipinski definition) is 5. The largest absolute Gasteiger partial charge is 0.465 e. The number of aromatic nitrogens is 4. The van der Waals surface area contributed by atoms with E-state index in [-0.39, 0.29) is 47.8 Å². The van der Waals surface area contributed by atoms with Crippen molar-refractivity contribution in [3.63, 3.8) is 0 Å². The predicted molar refractivity (Wildman–Crippen MR) is 202 cm³/mol. The summed E-state index contributed by atoms with van der Waals surface area (Å²) in [5.41, 5.74) is 3.46. The molecule has 8 atom stereocenters. The molecule has 2 saturated carbocycles. The van der Waals surface area contributed by atoms with Gasteiger partial charge in [-0.25, -0.2) is 23.9 Å². The van der Waals surface area contributed by atoms with Crippen molar-refractivity contribution in [1.29, 1.82) is 0 Å². The maximum absolute atomic E-state index is 15.6. The Hall–Kier alpha value is -5.91. The minimum Gasteiger partial charge on any atom is -0.465 e. The summed E-state index contributed by atoms with van der Waals surface area (Å²) >= 11 is 0. The van der Waals surface area contributed by atoms with E-state index < -0.39 is 30.1 Å². The summed E-state index contributed by atoms with van der Waals surface area (Å²) in [4.78, 5) is 70.4. The average molecular weight is 765 g/mol. The van der Waals surface area contributed by atoms with Gasteiger partial charge in [-0.3, -0.25) is 9.59 Å². The number of nitrogens with zero attached hydrogens (tertiary/aromatic N) is 4. The van der Waals surface area contributed by atoms with Gasteiger partial charge in [-0.1, -0.05) is 39.5 Å². The van der Waals surface area contributed by atoms with Crippen molar-refractivity contribution in [2.45, 2.75) is 89.6 Å². The first-order chi connectivity index (χ1) is 26.8. The maximum atomic E-state index is 15.6. The minimum absolute atomic E-state index is 0.0446. The van der Waals surface area contributed by atoms with Gasteiger partial charge >= 0.3 is 12.2 Å². The molecule has 56 heavy (non-hydrogen) atoms. The van der Waals surface area contributed by atoms with E-state index in [1.54, 1.807) is 37.1 Å². The van der Waals surface area contributed by atoms with Gasteiger partial charge in [-0.15, -0.1) is 0 Å². The summed E-state index contributed by atoms with van der Waals surface area (Å²) in [5.74, 6) is 6.87. The summed E-state index contributed by atoms with van der Waals surface area (Å²) in [7, 11) is 1.28. The van der Waals surface area contributed by atoms with E-state index in [4.69, 9.17) is 9.72 Å². The van der Waals surface area contributed by atoms with Gasteiger partial charge in [-0.2, -0.15) is 0 Å². The zero-order chi connectivity index (χ0) is 39.6. The fraction of sp³-hybridized carbons (Fsp3) is 0.463. The van der Waals surface area contributed by atoms with Crippen molar-refractivity contribution < 1.29 is 33.4 Å². The summed E-state index contributed by atoms with van der Waals surface area (Å²) in [6, 6.07) is 8.33. The highest BCUT2D eigenvalue weighted by molar-refractivity contribution is 5.88. The number of carbonyl (C=O) groups excluding carboxylic acids is 3. The molecule has 8 rings (SSSR count). The molecule has 4 amide bonds. The Balaban J connectivity index is 0.966. The number of nitrogens with one attached hydrogen (secondary N) is 4. The zero-order valence-electron chi connectivity index (χ0n) is 31.8. The number of methoxy groups -OCH3 is 1. The number of aromatic amines is 2. The summed E-state index contributed by atoms with van der Waals surface area (Å²) in [6.07, 6.45) is 2.98. The lowest BCUT2D eigenvalue weighted by atomic mass is 10.0. The molecule has 4 fully saturated rings. The Morgan fingerprint density at radius 3 is 2.02 bits per heavy atom. The number of imidazole rings is 2. The number of ether oxygens (including phenoxy) is 1. The van der Waals surface area contributed by atoms with Crippen LogP contribution in [0.2, 0.25) is 0 Å². The zero-order valence-corrected chi connectivity index (χ0v) is 31.8. The van der Waals surface area contributed by atoms with Crippen LogP contribution in [0.1, 0.15) is 88.2 Å². The Labute approximate surface area is 323 Å². The van der Waals surface area contributed by atoms with E-state index >= 15 is 4.39 Å². The van der Waals surface area contributed by atoms with Gasteiger partial charge in [0.1, 0.15) is 29.5 Å². The first-order valence-electron chi connectivity index (χ1n) is 19.2. The highest BCUT2D eigenvalue weighted by Gasteiger charge is 2.57. The predicted octanol–water partition coefficient (Wildman–Crippen LogP) is 5.49. The molecule has 2 aromatic heterocycles. The van der Waals surface area contributed by atoms with Crippen LogP contribution >= 0.6 is 0 Å². The van der Waals surface area contributed by atoms with Crippen molar-refractivity contribution in [3.05, 3.63) is 71.2 Å². The number of fused-ring (bicyclic) bond motifs is 3. The van der Waals surface area contributed by atoms with Crippen LogP contribution in [0.5, 0.6) is 0 Å². The maximum Gasteiger partial charge on any atom is 0.407 e. The van der Waals surface area contributed by atoms with Crippen molar-refractivity contribution in [2.24, 2.45) is 23.7 Å². The first kappa shape index (κ1) is 37.0. The molecule has 0 bridgehead atoms. The lowest BCUT2D eigenvalue weighted by molar-refractivity contribution is -0.137. The molecule has 2 aromatic carbocycles. The van der Waals surface area contributed by atoms with Gasteiger partial charge in [0.2, 0.25) is 11.8 Å². The van der Waals surface area contributed by atoms with Gasteiger partial charge in [0, 0.05) is 28.8 Å². The molecule has 292 valence electrons. The highest BCUT2D eigenvalue weighted by atomic mass is 19.1. The Bertz CT molecular complexity index is 2290. The molecular formula is C41H45FN8O6. The number of carbonyl (C=O) groups is 4. The first-order valence-corrected chi connectivity index (χ1v) is 19.2. The van der Waals surface area contributed by atoms with Crippen LogP contribution in [0.4, 0.5) is 14.0 Å². The van der Waals surface area contributed by atoms with Crippen LogP contribution in [-0.4, -0.2) is 90.1 Å². The number of carboxylic acid groups (broad SMARTS) is 1. The van der Waals surface area contributed by atoms with Crippen LogP contribution < -0.4 is 10.6 Å².